The lowest BCUT2D eigenvalue weighted by Crippen LogP contribution is -2.20. The molecule has 0 unspecified atom stereocenters. The molecule has 33 heavy (non-hydrogen) atoms. The van der Waals surface area contributed by atoms with E-state index < -0.39 is 21.9 Å². The fraction of sp³-hybridized carbons (Fsp3) is 0.130. The van der Waals surface area contributed by atoms with Gasteiger partial charge in [-0.2, -0.15) is 0 Å². The average Bonchev–Trinajstić information content (AvgIpc) is 2.79. The zero-order chi connectivity index (χ0) is 23.6. The van der Waals surface area contributed by atoms with E-state index in [2.05, 4.69) is 10.0 Å². The largest absolute Gasteiger partial charge is 0.486 e. The number of amides is 1. The Hall–Kier alpha value is -4.05. The Morgan fingerprint density at radius 1 is 0.939 bits per heavy atom. The molecule has 0 spiro atoms. The molecule has 0 atom stereocenters. The smallest absolute Gasteiger partial charge is 0.335 e. The van der Waals surface area contributed by atoms with Crippen molar-refractivity contribution in [1.82, 2.24) is 0 Å². The number of para-hydroxylation sites is 1. The molecule has 1 heterocycles. The van der Waals surface area contributed by atoms with Crippen LogP contribution in [-0.2, 0) is 10.0 Å². The number of benzene rings is 3. The van der Waals surface area contributed by atoms with Gasteiger partial charge in [0.2, 0.25) is 0 Å². The van der Waals surface area contributed by atoms with Crippen LogP contribution in [0.5, 0.6) is 11.5 Å². The number of carboxylic acid groups (broad SMARTS) is 1. The van der Waals surface area contributed by atoms with Crippen LogP contribution >= 0.6 is 0 Å². The molecule has 1 aliphatic rings. The fourth-order valence-electron chi connectivity index (χ4n) is 3.31. The van der Waals surface area contributed by atoms with Gasteiger partial charge in [-0.1, -0.05) is 18.2 Å². The second kappa shape index (κ2) is 8.83. The summed E-state index contributed by atoms with van der Waals surface area (Å²) in [5.41, 5.74) is 0.791. The van der Waals surface area contributed by atoms with Crippen molar-refractivity contribution in [2.45, 2.75) is 11.8 Å². The molecular weight excluding hydrogens is 448 g/mol. The summed E-state index contributed by atoms with van der Waals surface area (Å²) < 4.78 is 39.4. The third kappa shape index (κ3) is 4.75. The van der Waals surface area contributed by atoms with E-state index >= 15 is 0 Å². The standard InChI is InChI=1S/C23H20N2O7S/c1-14-6-7-15(23(27)28)12-21(14)33(29,30)25-18-5-3-2-4-17(18)22(26)24-16-8-9-19-20(13-16)32-11-10-31-19/h2-9,12-13,25H,10-11H2,1H3,(H,24,26)(H,27,28). The van der Waals surface area contributed by atoms with E-state index in [1.165, 1.54) is 24.3 Å². The van der Waals surface area contributed by atoms with Crippen LogP contribution in [0.25, 0.3) is 0 Å². The van der Waals surface area contributed by atoms with Gasteiger partial charge in [-0.15, -0.1) is 0 Å². The van der Waals surface area contributed by atoms with Crippen molar-refractivity contribution in [2.75, 3.05) is 23.3 Å². The van der Waals surface area contributed by atoms with Crippen LogP contribution < -0.4 is 19.5 Å². The first-order valence-corrected chi connectivity index (χ1v) is 11.4. The van der Waals surface area contributed by atoms with Gasteiger partial charge in [0, 0.05) is 11.8 Å². The van der Waals surface area contributed by atoms with Crippen LogP contribution in [0.4, 0.5) is 11.4 Å². The van der Waals surface area contributed by atoms with E-state index in [-0.39, 0.29) is 21.7 Å². The molecule has 10 heteroatoms. The van der Waals surface area contributed by atoms with Gasteiger partial charge in [-0.3, -0.25) is 9.52 Å². The van der Waals surface area contributed by atoms with Crippen molar-refractivity contribution in [2.24, 2.45) is 0 Å². The lowest BCUT2D eigenvalue weighted by atomic mass is 10.1. The summed E-state index contributed by atoms with van der Waals surface area (Å²) >= 11 is 0. The maximum atomic E-state index is 13.0. The number of carboxylic acids is 1. The highest BCUT2D eigenvalue weighted by atomic mass is 32.2. The average molecular weight is 468 g/mol. The summed E-state index contributed by atoms with van der Waals surface area (Å²) in [6.07, 6.45) is 0. The van der Waals surface area contributed by atoms with Gasteiger partial charge in [0.05, 0.1) is 21.7 Å². The lowest BCUT2D eigenvalue weighted by Gasteiger charge is -2.19. The number of hydrogen-bond acceptors (Lipinski definition) is 6. The van der Waals surface area contributed by atoms with Crippen LogP contribution in [0.15, 0.2) is 65.6 Å². The quantitative estimate of drug-likeness (QED) is 0.504. The zero-order valence-electron chi connectivity index (χ0n) is 17.5. The van der Waals surface area contributed by atoms with Gasteiger partial charge < -0.3 is 19.9 Å². The maximum Gasteiger partial charge on any atom is 0.335 e. The van der Waals surface area contributed by atoms with Crippen molar-refractivity contribution in [1.29, 1.82) is 0 Å². The Balaban J connectivity index is 1.61. The highest BCUT2D eigenvalue weighted by Crippen LogP contribution is 2.33. The number of ether oxygens (including phenoxy) is 2. The Morgan fingerprint density at radius 2 is 1.67 bits per heavy atom. The van der Waals surface area contributed by atoms with Crippen LogP contribution in [0, 0.1) is 6.92 Å². The first-order valence-electron chi connectivity index (χ1n) is 9.91. The number of sulfonamides is 1. The molecule has 4 rings (SSSR count). The number of aryl methyl sites for hydroxylation is 1. The van der Waals surface area contributed by atoms with Gasteiger partial charge in [0.15, 0.2) is 11.5 Å². The molecule has 3 aromatic rings. The van der Waals surface area contributed by atoms with Crippen molar-refractivity contribution < 1.29 is 32.6 Å². The van der Waals surface area contributed by atoms with E-state index in [1.54, 1.807) is 37.3 Å². The number of aromatic carboxylic acids is 1. The van der Waals surface area contributed by atoms with Crippen molar-refractivity contribution in [3.8, 4) is 11.5 Å². The van der Waals surface area contributed by atoms with E-state index in [9.17, 15) is 23.1 Å². The third-order valence-electron chi connectivity index (χ3n) is 4.94. The molecule has 0 fully saturated rings. The number of carbonyl (C=O) groups excluding carboxylic acids is 1. The number of rotatable bonds is 6. The van der Waals surface area contributed by atoms with Crippen molar-refractivity contribution in [3.63, 3.8) is 0 Å². The molecule has 3 N–H and O–H groups in total. The molecule has 0 saturated heterocycles. The predicted molar refractivity (Wildman–Crippen MR) is 121 cm³/mol. The minimum absolute atomic E-state index is 0.0488. The summed E-state index contributed by atoms with van der Waals surface area (Å²) in [5, 5.41) is 11.9. The summed E-state index contributed by atoms with van der Waals surface area (Å²) in [7, 11) is -4.17. The van der Waals surface area contributed by atoms with E-state index in [4.69, 9.17) is 9.47 Å². The number of anilines is 2. The Kier molecular flexibility index (Phi) is 5.93. The molecule has 0 aromatic heterocycles. The maximum absolute atomic E-state index is 13.0. The second-order valence-electron chi connectivity index (χ2n) is 7.25. The SMILES string of the molecule is Cc1ccc(C(=O)O)cc1S(=O)(=O)Nc1ccccc1C(=O)Nc1ccc2c(c1)OCCO2. The molecule has 0 aliphatic carbocycles. The Labute approximate surface area is 190 Å². The first-order chi connectivity index (χ1) is 15.7. The number of carbonyl (C=O) groups is 2. The van der Waals surface area contributed by atoms with Crippen LogP contribution in [-0.4, -0.2) is 38.6 Å². The summed E-state index contributed by atoms with van der Waals surface area (Å²) in [5.74, 6) is -0.708. The summed E-state index contributed by atoms with van der Waals surface area (Å²) in [4.78, 5) is 24.0. The van der Waals surface area contributed by atoms with Gasteiger partial charge >= 0.3 is 5.97 Å². The lowest BCUT2D eigenvalue weighted by molar-refractivity contribution is 0.0696. The minimum Gasteiger partial charge on any atom is -0.486 e. The predicted octanol–water partition coefficient (Wildman–Crippen LogP) is 3.52. The molecule has 0 bridgehead atoms. The highest BCUT2D eigenvalue weighted by molar-refractivity contribution is 7.92. The molecule has 0 radical (unpaired) electrons. The first kappa shape index (κ1) is 22.2. The molecule has 170 valence electrons. The Morgan fingerprint density at radius 3 is 2.42 bits per heavy atom. The molecule has 1 amide bonds. The topological polar surface area (TPSA) is 131 Å². The van der Waals surface area contributed by atoms with Crippen molar-refractivity contribution in [3.05, 3.63) is 77.4 Å². The monoisotopic (exact) mass is 468 g/mol. The third-order valence-corrected chi connectivity index (χ3v) is 6.45. The zero-order valence-corrected chi connectivity index (χ0v) is 18.3. The summed E-state index contributed by atoms with van der Waals surface area (Å²) in [6.45, 7) is 2.40. The van der Waals surface area contributed by atoms with E-state index in [0.29, 0.717) is 36.0 Å². The van der Waals surface area contributed by atoms with E-state index in [0.717, 1.165) is 6.07 Å². The van der Waals surface area contributed by atoms with Gasteiger partial charge in [-0.05, 0) is 48.9 Å². The highest BCUT2D eigenvalue weighted by Gasteiger charge is 2.22. The molecule has 0 saturated carbocycles. The number of hydrogen-bond donors (Lipinski definition) is 3. The van der Waals surface area contributed by atoms with Crippen LogP contribution in [0.2, 0.25) is 0 Å². The molecule has 1 aliphatic heterocycles. The second-order valence-corrected chi connectivity index (χ2v) is 8.90. The normalized spacial score (nSPS) is 12.6. The summed E-state index contributed by atoms with van der Waals surface area (Å²) in [6, 6.07) is 14.9. The molecule has 3 aromatic carbocycles. The Bertz CT molecular complexity index is 1350. The molecular formula is C23H20N2O7S. The number of nitrogens with one attached hydrogen (secondary N) is 2. The van der Waals surface area contributed by atoms with Crippen LogP contribution in [0.1, 0.15) is 26.3 Å². The van der Waals surface area contributed by atoms with Gasteiger partial charge in [-0.25, -0.2) is 13.2 Å². The molecule has 9 nitrogen and oxygen atoms in total. The fourth-order valence-corrected chi connectivity index (χ4v) is 4.66. The van der Waals surface area contributed by atoms with Crippen LogP contribution in [0.3, 0.4) is 0 Å². The van der Waals surface area contributed by atoms with E-state index in [1.807, 2.05) is 0 Å². The van der Waals surface area contributed by atoms with Gasteiger partial charge in [0.1, 0.15) is 13.2 Å². The van der Waals surface area contributed by atoms with Crippen molar-refractivity contribution >= 4 is 33.3 Å². The number of fused-ring (bicyclic) bond motifs is 1. The van der Waals surface area contributed by atoms with Gasteiger partial charge in [0.25, 0.3) is 15.9 Å². The minimum atomic E-state index is -4.17.